The number of halogens is 1. The van der Waals surface area contributed by atoms with E-state index in [-0.39, 0.29) is 35.4 Å². The number of carboxylic acid groups (broad SMARTS) is 1. The van der Waals surface area contributed by atoms with E-state index in [1.165, 1.54) is 81.9 Å². The van der Waals surface area contributed by atoms with Crippen molar-refractivity contribution in [2.45, 2.75) is 30.9 Å². The van der Waals surface area contributed by atoms with Crippen molar-refractivity contribution in [2.75, 3.05) is 5.33 Å². The van der Waals surface area contributed by atoms with Gasteiger partial charge in [-0.05, 0) is 30.2 Å². The number of carbonyl (C=O) groups is 3. The van der Waals surface area contributed by atoms with Gasteiger partial charge in [-0.1, -0.05) is 49.7 Å². The number of hydrogen-bond acceptors (Lipinski definition) is 11. The number of carbonyl (C=O) groups excluding carboxylic acids is 2. The molecule has 2 aliphatic heterocycles. The second-order valence-electron chi connectivity index (χ2n) is 8.76. The van der Waals surface area contributed by atoms with Gasteiger partial charge in [-0.2, -0.15) is 0 Å². The summed E-state index contributed by atoms with van der Waals surface area (Å²) >= 11 is 3.26. The molecule has 1 amide bonds. The van der Waals surface area contributed by atoms with Crippen molar-refractivity contribution in [1.29, 1.82) is 0 Å². The molecular formula is C24H20BrN3O10S2. The molecule has 40 heavy (non-hydrogen) atoms. The van der Waals surface area contributed by atoms with Gasteiger partial charge in [0, 0.05) is 40.9 Å². The van der Waals surface area contributed by atoms with Gasteiger partial charge in [0.15, 0.2) is 0 Å². The summed E-state index contributed by atoms with van der Waals surface area (Å²) in [5.41, 5.74) is 0.670. The summed E-state index contributed by atoms with van der Waals surface area (Å²) in [5.74, 6) is -2.81. The van der Waals surface area contributed by atoms with Gasteiger partial charge in [0.05, 0.1) is 9.85 Å². The molecule has 0 spiro atoms. The standard InChI is InChI=1S/C24H20BrN3O10S2/c1-13(38-23(32)37-12-15-4-8-17(9-5-15)28(35)36)19-21(29)26-20(22(30)31)18(11-25)39-40-24(19,26)10-14-2-6-16(7-3-14)27(33)34/h2-9,13,19H,10-12H2,1H3,(H,30,31)/t13-,19+,24-/m1/s1. The topological polar surface area (TPSA) is 179 Å². The monoisotopic (exact) mass is 653 g/mol. The molecule has 2 aromatic carbocycles. The molecule has 2 aromatic rings. The minimum absolute atomic E-state index is 0.119. The molecule has 16 heteroatoms. The molecule has 13 nitrogen and oxygen atoms in total. The van der Waals surface area contributed by atoms with Gasteiger partial charge >= 0.3 is 12.1 Å². The third kappa shape index (κ3) is 5.64. The van der Waals surface area contributed by atoms with Crippen molar-refractivity contribution in [3.63, 3.8) is 0 Å². The third-order valence-electron chi connectivity index (χ3n) is 6.31. The Kier molecular flexibility index (Phi) is 8.70. The maximum atomic E-state index is 13.4. The first-order chi connectivity index (χ1) is 19.0. The number of benzene rings is 2. The average Bonchev–Trinajstić information content (AvgIpc) is 2.91. The van der Waals surface area contributed by atoms with E-state index in [0.29, 0.717) is 16.0 Å². The molecule has 3 atom stereocenters. The van der Waals surface area contributed by atoms with E-state index < -0.39 is 44.8 Å². The second kappa shape index (κ2) is 11.9. The van der Waals surface area contributed by atoms with Crippen LogP contribution in [0.5, 0.6) is 0 Å². The Morgan fingerprint density at radius 2 is 1.62 bits per heavy atom. The zero-order valence-electron chi connectivity index (χ0n) is 20.6. The number of nitrogens with zero attached hydrogens (tertiary/aromatic N) is 3. The molecule has 4 rings (SSSR count). The fourth-order valence-electron chi connectivity index (χ4n) is 4.49. The van der Waals surface area contributed by atoms with Crippen LogP contribution in [0.15, 0.2) is 59.1 Å². The van der Waals surface area contributed by atoms with E-state index in [4.69, 9.17) is 9.47 Å². The maximum Gasteiger partial charge on any atom is 0.508 e. The first-order valence-electron chi connectivity index (χ1n) is 11.5. The molecule has 0 unspecified atom stereocenters. The number of rotatable bonds is 10. The third-order valence-corrected chi connectivity index (χ3v) is 10.5. The van der Waals surface area contributed by atoms with E-state index in [1.54, 1.807) is 0 Å². The largest absolute Gasteiger partial charge is 0.508 e. The van der Waals surface area contributed by atoms with Crippen LogP contribution in [0.3, 0.4) is 0 Å². The van der Waals surface area contributed by atoms with Crippen LogP contribution in [0, 0.1) is 26.1 Å². The lowest BCUT2D eigenvalue weighted by Crippen LogP contribution is -2.73. The highest BCUT2D eigenvalue weighted by molar-refractivity contribution is 9.09. The summed E-state index contributed by atoms with van der Waals surface area (Å²) in [5, 5.41) is 32.0. The number of hydrogen-bond donors (Lipinski definition) is 1. The van der Waals surface area contributed by atoms with E-state index in [9.17, 15) is 39.7 Å². The zero-order chi connectivity index (χ0) is 29.2. The zero-order valence-corrected chi connectivity index (χ0v) is 23.8. The molecule has 2 heterocycles. The molecule has 210 valence electrons. The Bertz CT molecular complexity index is 1400. The van der Waals surface area contributed by atoms with E-state index in [0.717, 1.165) is 0 Å². The summed E-state index contributed by atoms with van der Waals surface area (Å²) in [6.45, 7) is 1.27. The number of alkyl halides is 1. The molecule has 1 saturated heterocycles. The van der Waals surface area contributed by atoms with Gasteiger partial charge < -0.3 is 14.6 Å². The number of non-ortho nitro benzene ring substituents is 2. The number of fused-ring (bicyclic) bond motifs is 1. The van der Waals surface area contributed by atoms with Crippen LogP contribution < -0.4 is 0 Å². The van der Waals surface area contributed by atoms with Crippen LogP contribution in [-0.2, 0) is 32.1 Å². The van der Waals surface area contributed by atoms with Crippen LogP contribution in [0.4, 0.5) is 16.2 Å². The van der Waals surface area contributed by atoms with Gasteiger partial charge in [0.1, 0.15) is 29.2 Å². The van der Waals surface area contributed by atoms with Gasteiger partial charge in [0.25, 0.3) is 11.4 Å². The normalized spacial score (nSPS) is 20.7. The number of aliphatic carboxylic acids is 1. The number of nitro benzene ring substituents is 2. The van der Waals surface area contributed by atoms with E-state index in [2.05, 4.69) is 15.9 Å². The lowest BCUT2D eigenvalue weighted by molar-refractivity contribution is -0.385. The predicted octanol–water partition coefficient (Wildman–Crippen LogP) is 5.03. The molecule has 1 N–H and O–H groups in total. The van der Waals surface area contributed by atoms with Crippen molar-refractivity contribution < 1.29 is 38.8 Å². The number of amides is 1. The van der Waals surface area contributed by atoms with Gasteiger partial charge in [-0.15, -0.1) is 0 Å². The molecule has 0 radical (unpaired) electrons. The minimum atomic E-state index is -1.29. The highest BCUT2D eigenvalue weighted by Crippen LogP contribution is 2.62. The lowest BCUT2D eigenvalue weighted by Gasteiger charge is -2.59. The fraction of sp³-hybridized carbons (Fsp3) is 0.292. The van der Waals surface area contributed by atoms with E-state index >= 15 is 0 Å². The number of allylic oxidation sites excluding steroid dienone is 1. The quantitative estimate of drug-likeness (QED) is 0.0903. The Morgan fingerprint density at radius 3 is 2.12 bits per heavy atom. The Hall–Kier alpha value is -3.63. The Morgan fingerprint density at radius 1 is 1.07 bits per heavy atom. The van der Waals surface area contributed by atoms with Crippen molar-refractivity contribution >= 4 is 66.9 Å². The molecule has 0 aromatic heterocycles. The summed E-state index contributed by atoms with van der Waals surface area (Å²) in [7, 11) is 2.44. The average molecular weight is 654 g/mol. The van der Waals surface area contributed by atoms with Gasteiger partial charge in [0.2, 0.25) is 5.91 Å². The summed E-state index contributed by atoms with van der Waals surface area (Å²) in [6, 6.07) is 11.1. The number of carboxylic acids is 1. The number of β-lactam (4-membered cyclic amide) rings is 1. The van der Waals surface area contributed by atoms with Crippen LogP contribution in [-0.4, -0.2) is 54.2 Å². The molecule has 2 aliphatic rings. The van der Waals surface area contributed by atoms with Crippen molar-refractivity contribution in [2.24, 2.45) is 5.92 Å². The highest BCUT2D eigenvalue weighted by atomic mass is 79.9. The molecule has 0 bridgehead atoms. The molecule has 0 aliphatic carbocycles. The van der Waals surface area contributed by atoms with Crippen LogP contribution in [0.2, 0.25) is 0 Å². The smallest absolute Gasteiger partial charge is 0.477 e. The number of ether oxygens (including phenoxy) is 2. The Labute approximate surface area is 242 Å². The van der Waals surface area contributed by atoms with Crippen LogP contribution in [0.1, 0.15) is 18.1 Å². The van der Waals surface area contributed by atoms with Crippen LogP contribution >= 0.6 is 37.5 Å². The van der Waals surface area contributed by atoms with Crippen LogP contribution in [0.25, 0.3) is 0 Å². The minimum Gasteiger partial charge on any atom is -0.477 e. The van der Waals surface area contributed by atoms with Crippen molar-refractivity contribution in [3.05, 3.63) is 90.5 Å². The summed E-state index contributed by atoms with van der Waals surface area (Å²) in [4.78, 5) is 59.3. The second-order valence-corrected chi connectivity index (χ2v) is 11.9. The molecule has 0 saturated carbocycles. The van der Waals surface area contributed by atoms with E-state index in [1.807, 2.05) is 0 Å². The predicted molar refractivity (Wildman–Crippen MR) is 147 cm³/mol. The summed E-state index contributed by atoms with van der Waals surface area (Å²) in [6.07, 6.45) is -1.98. The molecule has 1 fully saturated rings. The van der Waals surface area contributed by atoms with Gasteiger partial charge in [-0.25, -0.2) is 9.59 Å². The molecular weight excluding hydrogens is 634 g/mol. The maximum absolute atomic E-state index is 13.4. The fourth-order valence-corrected chi connectivity index (χ4v) is 8.84. The first kappa shape index (κ1) is 29.4. The van der Waals surface area contributed by atoms with Gasteiger partial charge in [-0.3, -0.25) is 29.9 Å². The van der Waals surface area contributed by atoms with Crippen molar-refractivity contribution in [3.8, 4) is 0 Å². The SMILES string of the molecule is C[C@@H](OC(=O)OCc1ccc([N+](=O)[O-])cc1)[C@H]1C(=O)N2C(C(=O)O)=C(CBr)SS[C@]12Cc1ccc([N+](=O)[O-])cc1. The summed E-state index contributed by atoms with van der Waals surface area (Å²) < 4.78 is 10.5. The van der Waals surface area contributed by atoms with Crippen molar-refractivity contribution in [1.82, 2.24) is 4.90 Å². The Balaban J connectivity index is 1.55. The number of nitro groups is 2. The highest BCUT2D eigenvalue weighted by Gasteiger charge is 2.67. The first-order valence-corrected chi connectivity index (χ1v) is 14.8. The lowest BCUT2D eigenvalue weighted by atomic mass is 9.78.